The summed E-state index contributed by atoms with van der Waals surface area (Å²) in [7, 11) is 1.89. The van der Waals surface area contributed by atoms with Gasteiger partial charge in [0.2, 0.25) is 0 Å². The Labute approximate surface area is 169 Å². The third kappa shape index (κ3) is 3.55. The molecule has 0 amide bonds. The summed E-state index contributed by atoms with van der Waals surface area (Å²) in [5, 5.41) is 13.5. The number of aromatic nitrogens is 4. The molecule has 6 heteroatoms. The molecule has 0 saturated heterocycles. The Hall–Kier alpha value is -3.72. The minimum absolute atomic E-state index is 0.669. The standard InChI is InChI=1S/C23H20N6/c1-28-15-18(12-26-28)23-13-25-21-8-7-20(10-22(21)27-23)29(14-16-5-6-16)19-4-2-3-17(9-19)11-24/h2-4,7-10,12-13,15-16H,5-6,14H2,1H3. The molecule has 0 radical (unpaired) electrons. The molecule has 0 bridgehead atoms. The Morgan fingerprint density at radius 3 is 2.72 bits per heavy atom. The van der Waals surface area contributed by atoms with Gasteiger partial charge in [0.15, 0.2) is 0 Å². The van der Waals surface area contributed by atoms with Crippen molar-refractivity contribution < 1.29 is 0 Å². The SMILES string of the molecule is Cn1cc(-c2cnc3ccc(N(CC4CC4)c4cccc(C#N)c4)cc3n2)cn1. The molecule has 0 N–H and O–H groups in total. The fraction of sp³-hybridized carbons (Fsp3) is 0.217. The van der Waals surface area contributed by atoms with Crippen LogP contribution in [0, 0.1) is 17.2 Å². The Balaban J connectivity index is 1.57. The number of nitrogens with zero attached hydrogens (tertiary/aromatic N) is 6. The molecule has 142 valence electrons. The number of aryl methyl sites for hydroxylation is 1. The monoisotopic (exact) mass is 380 g/mol. The van der Waals surface area contributed by atoms with E-state index in [9.17, 15) is 5.26 Å². The molecular formula is C23H20N6. The molecule has 2 heterocycles. The Morgan fingerprint density at radius 2 is 1.97 bits per heavy atom. The van der Waals surface area contributed by atoms with E-state index in [0.29, 0.717) is 11.5 Å². The van der Waals surface area contributed by atoms with Crippen molar-refractivity contribution in [3.05, 3.63) is 66.6 Å². The van der Waals surface area contributed by atoms with Crippen molar-refractivity contribution in [1.29, 1.82) is 5.26 Å². The van der Waals surface area contributed by atoms with Crippen LogP contribution in [0.3, 0.4) is 0 Å². The first-order valence-corrected chi connectivity index (χ1v) is 9.73. The zero-order valence-corrected chi connectivity index (χ0v) is 16.2. The zero-order valence-electron chi connectivity index (χ0n) is 16.2. The maximum atomic E-state index is 9.30. The van der Waals surface area contributed by atoms with E-state index >= 15 is 0 Å². The predicted octanol–water partition coefficient (Wildman–Crippen LogP) is 4.45. The second-order valence-corrected chi connectivity index (χ2v) is 7.55. The van der Waals surface area contributed by atoms with Gasteiger partial charge in [0.05, 0.1) is 40.8 Å². The molecular weight excluding hydrogens is 360 g/mol. The highest BCUT2D eigenvalue weighted by molar-refractivity contribution is 5.82. The van der Waals surface area contributed by atoms with Crippen molar-refractivity contribution in [1.82, 2.24) is 19.7 Å². The van der Waals surface area contributed by atoms with Gasteiger partial charge in [-0.2, -0.15) is 10.4 Å². The lowest BCUT2D eigenvalue weighted by Crippen LogP contribution is -2.20. The topological polar surface area (TPSA) is 70.6 Å². The van der Waals surface area contributed by atoms with E-state index in [4.69, 9.17) is 4.98 Å². The maximum Gasteiger partial charge on any atom is 0.0992 e. The van der Waals surface area contributed by atoms with E-state index in [1.54, 1.807) is 17.1 Å². The summed E-state index contributed by atoms with van der Waals surface area (Å²) in [6, 6.07) is 16.2. The normalized spacial score (nSPS) is 13.4. The molecule has 29 heavy (non-hydrogen) atoms. The summed E-state index contributed by atoms with van der Waals surface area (Å²) >= 11 is 0. The number of nitriles is 1. The van der Waals surface area contributed by atoms with Gasteiger partial charge in [-0.15, -0.1) is 0 Å². The minimum Gasteiger partial charge on any atom is -0.341 e. The van der Waals surface area contributed by atoms with Crippen LogP contribution in [0.1, 0.15) is 18.4 Å². The van der Waals surface area contributed by atoms with Crippen LogP contribution in [-0.2, 0) is 7.05 Å². The van der Waals surface area contributed by atoms with Crippen LogP contribution < -0.4 is 4.90 Å². The second-order valence-electron chi connectivity index (χ2n) is 7.55. The molecule has 0 atom stereocenters. The van der Waals surface area contributed by atoms with Gasteiger partial charge in [0, 0.05) is 36.7 Å². The van der Waals surface area contributed by atoms with E-state index < -0.39 is 0 Å². The van der Waals surface area contributed by atoms with Crippen LogP contribution in [0.5, 0.6) is 0 Å². The summed E-state index contributed by atoms with van der Waals surface area (Å²) in [5.74, 6) is 0.698. The first-order valence-electron chi connectivity index (χ1n) is 9.73. The van der Waals surface area contributed by atoms with Crippen LogP contribution in [0.15, 0.2) is 61.1 Å². The molecule has 0 aliphatic heterocycles. The molecule has 1 aliphatic carbocycles. The molecule has 0 spiro atoms. The van der Waals surface area contributed by atoms with Gasteiger partial charge in [-0.25, -0.2) is 4.98 Å². The average molecular weight is 380 g/mol. The number of anilines is 2. The van der Waals surface area contributed by atoms with Crippen molar-refractivity contribution >= 4 is 22.4 Å². The van der Waals surface area contributed by atoms with E-state index in [0.717, 1.165) is 40.2 Å². The third-order valence-corrected chi connectivity index (χ3v) is 5.26. The van der Waals surface area contributed by atoms with Crippen molar-refractivity contribution in [3.8, 4) is 17.3 Å². The first kappa shape index (κ1) is 17.4. The molecule has 6 nitrogen and oxygen atoms in total. The average Bonchev–Trinajstić information content (AvgIpc) is 3.48. The largest absolute Gasteiger partial charge is 0.341 e. The molecule has 1 saturated carbocycles. The summed E-state index contributed by atoms with van der Waals surface area (Å²) in [6.07, 6.45) is 8.04. The lowest BCUT2D eigenvalue weighted by atomic mass is 10.1. The quantitative estimate of drug-likeness (QED) is 0.511. The minimum atomic E-state index is 0.669. The molecule has 1 aliphatic rings. The molecule has 2 aromatic carbocycles. The van der Waals surface area contributed by atoms with Gasteiger partial charge in [-0.3, -0.25) is 9.67 Å². The van der Waals surface area contributed by atoms with Crippen LogP contribution in [0.2, 0.25) is 0 Å². The van der Waals surface area contributed by atoms with Gasteiger partial charge in [-0.1, -0.05) is 6.07 Å². The Kier molecular flexibility index (Phi) is 4.21. The van der Waals surface area contributed by atoms with E-state index in [2.05, 4.69) is 39.3 Å². The molecule has 0 unspecified atom stereocenters. The van der Waals surface area contributed by atoms with Crippen LogP contribution in [-0.4, -0.2) is 26.3 Å². The summed E-state index contributed by atoms with van der Waals surface area (Å²) in [4.78, 5) is 11.7. The number of benzene rings is 2. The number of hydrogen-bond donors (Lipinski definition) is 0. The molecule has 2 aromatic heterocycles. The highest BCUT2D eigenvalue weighted by Crippen LogP contribution is 2.36. The smallest absolute Gasteiger partial charge is 0.0992 e. The maximum absolute atomic E-state index is 9.30. The van der Waals surface area contributed by atoms with Crippen molar-refractivity contribution in [2.24, 2.45) is 13.0 Å². The Bertz CT molecular complexity index is 1230. The van der Waals surface area contributed by atoms with Crippen LogP contribution >= 0.6 is 0 Å². The van der Waals surface area contributed by atoms with Crippen molar-refractivity contribution in [2.45, 2.75) is 12.8 Å². The van der Waals surface area contributed by atoms with Crippen molar-refractivity contribution in [3.63, 3.8) is 0 Å². The zero-order chi connectivity index (χ0) is 19.8. The molecule has 5 rings (SSSR count). The summed E-state index contributed by atoms with van der Waals surface area (Å²) in [6.45, 7) is 0.941. The van der Waals surface area contributed by atoms with Gasteiger partial charge in [0.1, 0.15) is 0 Å². The lowest BCUT2D eigenvalue weighted by Gasteiger charge is -2.25. The fourth-order valence-electron chi connectivity index (χ4n) is 3.52. The van der Waals surface area contributed by atoms with Crippen LogP contribution in [0.25, 0.3) is 22.3 Å². The Morgan fingerprint density at radius 1 is 1.10 bits per heavy atom. The van der Waals surface area contributed by atoms with E-state index in [1.807, 2.05) is 37.5 Å². The lowest BCUT2D eigenvalue weighted by molar-refractivity contribution is 0.768. The van der Waals surface area contributed by atoms with Gasteiger partial charge in [-0.05, 0) is 55.2 Å². The van der Waals surface area contributed by atoms with Crippen molar-refractivity contribution in [2.75, 3.05) is 11.4 Å². The highest BCUT2D eigenvalue weighted by Gasteiger charge is 2.25. The summed E-state index contributed by atoms with van der Waals surface area (Å²) in [5.41, 5.74) is 6.23. The van der Waals surface area contributed by atoms with Gasteiger partial charge < -0.3 is 4.90 Å². The fourth-order valence-corrected chi connectivity index (χ4v) is 3.52. The van der Waals surface area contributed by atoms with Gasteiger partial charge in [0.25, 0.3) is 0 Å². The van der Waals surface area contributed by atoms with Gasteiger partial charge >= 0.3 is 0 Å². The highest BCUT2D eigenvalue weighted by atomic mass is 15.2. The van der Waals surface area contributed by atoms with Crippen LogP contribution in [0.4, 0.5) is 11.4 Å². The second kappa shape index (κ2) is 7.02. The third-order valence-electron chi connectivity index (χ3n) is 5.26. The number of fused-ring (bicyclic) bond motifs is 1. The first-order chi connectivity index (χ1) is 14.2. The predicted molar refractivity (Wildman–Crippen MR) is 113 cm³/mol. The number of rotatable bonds is 5. The number of hydrogen-bond acceptors (Lipinski definition) is 5. The summed E-state index contributed by atoms with van der Waals surface area (Å²) < 4.78 is 1.76. The van der Waals surface area contributed by atoms with E-state index in [1.165, 1.54) is 12.8 Å². The molecule has 4 aromatic rings. The van der Waals surface area contributed by atoms with E-state index in [-0.39, 0.29) is 0 Å². The molecule has 1 fully saturated rings.